The van der Waals surface area contributed by atoms with Crippen molar-refractivity contribution in [1.29, 1.82) is 0 Å². The molecule has 0 radical (unpaired) electrons. The number of nitrogens with one attached hydrogen (secondary N) is 1. The Morgan fingerprint density at radius 2 is 2.08 bits per heavy atom. The fourth-order valence-electron chi connectivity index (χ4n) is 1.93. The number of thioether (sulfide) groups is 1. The molecule has 0 aromatic heterocycles. The summed E-state index contributed by atoms with van der Waals surface area (Å²) in [6.07, 6.45) is 0.597. The van der Waals surface area contributed by atoms with Crippen LogP contribution in [0.2, 0.25) is 0 Å². The molecule has 8 heteroatoms. The quantitative estimate of drug-likeness (QED) is 0.583. The summed E-state index contributed by atoms with van der Waals surface area (Å²) in [5.41, 5.74) is 1.55. The predicted octanol–water partition coefficient (Wildman–Crippen LogP) is 0.927. The SMILES string of the molecule is CCCOc1ccc(/C(C)=N\N=C2\NC(=O)[C@H](CC(=O)[O-])S2)cc1. The van der Waals surface area contributed by atoms with Gasteiger partial charge in [0.15, 0.2) is 5.17 Å². The van der Waals surface area contributed by atoms with Gasteiger partial charge in [0.25, 0.3) is 0 Å². The maximum Gasteiger partial charge on any atom is 0.239 e. The Kier molecular flexibility index (Phi) is 6.36. The molecule has 24 heavy (non-hydrogen) atoms. The molecule has 1 aliphatic rings. The number of hydrogen-bond acceptors (Lipinski definition) is 7. The molecule has 1 N–H and O–H groups in total. The third kappa shape index (κ3) is 5.09. The fourth-order valence-corrected chi connectivity index (χ4v) is 2.83. The van der Waals surface area contributed by atoms with Crippen molar-refractivity contribution in [2.45, 2.75) is 31.9 Å². The Labute approximate surface area is 144 Å². The maximum atomic E-state index is 11.6. The molecule has 1 fully saturated rings. The lowest BCUT2D eigenvalue weighted by atomic mass is 10.1. The third-order valence-electron chi connectivity index (χ3n) is 3.16. The van der Waals surface area contributed by atoms with Crippen LogP contribution in [0.25, 0.3) is 0 Å². The van der Waals surface area contributed by atoms with Gasteiger partial charge >= 0.3 is 0 Å². The van der Waals surface area contributed by atoms with Crippen molar-refractivity contribution >= 4 is 34.5 Å². The van der Waals surface area contributed by atoms with Gasteiger partial charge in [-0.3, -0.25) is 4.79 Å². The molecule has 0 unspecified atom stereocenters. The van der Waals surface area contributed by atoms with Gasteiger partial charge in [-0.2, -0.15) is 5.10 Å². The average Bonchev–Trinajstić information content (AvgIpc) is 2.90. The molecule has 7 nitrogen and oxygen atoms in total. The summed E-state index contributed by atoms with van der Waals surface area (Å²) in [6.45, 7) is 4.51. The van der Waals surface area contributed by atoms with Crippen LogP contribution in [0.3, 0.4) is 0 Å². The number of aliphatic carboxylic acids is 1. The van der Waals surface area contributed by atoms with Crippen molar-refractivity contribution < 1.29 is 19.4 Å². The molecular formula is C16H18N3O4S-. The number of carbonyl (C=O) groups is 2. The second kappa shape index (κ2) is 8.49. The molecular weight excluding hydrogens is 330 g/mol. The highest BCUT2D eigenvalue weighted by atomic mass is 32.2. The van der Waals surface area contributed by atoms with Gasteiger partial charge in [0.05, 0.1) is 17.6 Å². The number of ether oxygens (including phenoxy) is 1. The first kappa shape index (κ1) is 18.0. The molecule has 1 saturated heterocycles. The van der Waals surface area contributed by atoms with E-state index in [0.717, 1.165) is 29.5 Å². The van der Waals surface area contributed by atoms with E-state index in [0.29, 0.717) is 12.3 Å². The van der Waals surface area contributed by atoms with Gasteiger partial charge < -0.3 is 20.0 Å². The zero-order chi connectivity index (χ0) is 17.5. The number of benzene rings is 1. The number of hydrogen-bond donors (Lipinski definition) is 1. The molecule has 128 valence electrons. The zero-order valence-electron chi connectivity index (χ0n) is 13.4. The lowest BCUT2D eigenvalue weighted by Gasteiger charge is -2.05. The van der Waals surface area contributed by atoms with E-state index in [1.54, 1.807) is 6.92 Å². The van der Waals surface area contributed by atoms with Crippen molar-refractivity contribution in [3.8, 4) is 5.75 Å². The van der Waals surface area contributed by atoms with Gasteiger partial charge in [0.2, 0.25) is 5.91 Å². The molecule has 1 aliphatic heterocycles. The summed E-state index contributed by atoms with van der Waals surface area (Å²) in [5.74, 6) is -0.870. The monoisotopic (exact) mass is 348 g/mol. The van der Waals surface area contributed by atoms with Crippen LogP contribution < -0.4 is 15.2 Å². The topological polar surface area (TPSA) is 103 Å². The normalized spacial score (nSPS) is 19.4. The lowest BCUT2D eigenvalue weighted by molar-refractivity contribution is -0.305. The molecule has 0 saturated carbocycles. The van der Waals surface area contributed by atoms with Crippen LogP contribution in [-0.4, -0.2) is 34.6 Å². The number of carboxylic acids is 1. The first-order chi connectivity index (χ1) is 11.5. The molecule has 1 atom stereocenters. The van der Waals surface area contributed by atoms with Gasteiger partial charge in [0, 0.05) is 12.4 Å². The van der Waals surface area contributed by atoms with Crippen LogP contribution in [0.15, 0.2) is 34.5 Å². The van der Waals surface area contributed by atoms with E-state index in [9.17, 15) is 14.7 Å². The minimum atomic E-state index is -1.27. The summed E-state index contributed by atoms with van der Waals surface area (Å²) < 4.78 is 5.52. The van der Waals surface area contributed by atoms with Gasteiger partial charge in [-0.05, 0) is 43.2 Å². The van der Waals surface area contributed by atoms with Crippen molar-refractivity contribution in [1.82, 2.24) is 5.32 Å². The minimum Gasteiger partial charge on any atom is -0.550 e. The molecule has 1 heterocycles. The largest absolute Gasteiger partial charge is 0.550 e. The number of amides is 1. The second-order valence-corrected chi connectivity index (χ2v) is 6.33. The van der Waals surface area contributed by atoms with E-state index in [2.05, 4.69) is 15.5 Å². The van der Waals surface area contributed by atoms with Crippen LogP contribution in [0.4, 0.5) is 0 Å². The highest BCUT2D eigenvalue weighted by Gasteiger charge is 2.30. The van der Waals surface area contributed by atoms with Crippen molar-refractivity contribution in [2.24, 2.45) is 10.2 Å². The van der Waals surface area contributed by atoms with Crippen LogP contribution in [0, 0.1) is 0 Å². The summed E-state index contributed by atoms with van der Waals surface area (Å²) in [7, 11) is 0. The molecule has 1 aromatic rings. The molecule has 1 amide bonds. The number of carboxylic acid groups (broad SMARTS) is 1. The summed E-state index contributed by atoms with van der Waals surface area (Å²) in [4.78, 5) is 22.2. The first-order valence-corrected chi connectivity index (χ1v) is 8.40. The molecule has 2 rings (SSSR count). The lowest BCUT2D eigenvalue weighted by Crippen LogP contribution is -2.31. The molecule has 1 aromatic carbocycles. The van der Waals surface area contributed by atoms with Gasteiger partial charge in [-0.15, -0.1) is 5.10 Å². The van der Waals surface area contributed by atoms with Crippen molar-refractivity contribution in [3.05, 3.63) is 29.8 Å². The van der Waals surface area contributed by atoms with E-state index in [1.165, 1.54) is 0 Å². The van der Waals surface area contributed by atoms with Gasteiger partial charge in [-0.1, -0.05) is 18.7 Å². The number of amidine groups is 1. The molecule has 0 bridgehead atoms. The summed E-state index contributed by atoms with van der Waals surface area (Å²) in [5, 5.41) is 20.7. The highest BCUT2D eigenvalue weighted by Crippen LogP contribution is 2.22. The number of nitrogens with zero attached hydrogens (tertiary/aromatic N) is 2. The average molecular weight is 348 g/mol. The first-order valence-electron chi connectivity index (χ1n) is 7.52. The van der Waals surface area contributed by atoms with Crippen LogP contribution in [0.5, 0.6) is 5.75 Å². The molecule has 0 aliphatic carbocycles. The highest BCUT2D eigenvalue weighted by molar-refractivity contribution is 8.15. The Morgan fingerprint density at radius 1 is 1.38 bits per heavy atom. The minimum absolute atomic E-state index is 0.286. The Balaban J connectivity index is 2.00. The summed E-state index contributed by atoms with van der Waals surface area (Å²) in [6, 6.07) is 7.48. The van der Waals surface area contributed by atoms with E-state index in [-0.39, 0.29) is 11.6 Å². The van der Waals surface area contributed by atoms with Crippen molar-refractivity contribution in [2.75, 3.05) is 6.61 Å². The van der Waals surface area contributed by atoms with Crippen LogP contribution >= 0.6 is 11.8 Å². The zero-order valence-corrected chi connectivity index (χ0v) is 14.3. The van der Waals surface area contributed by atoms with E-state index in [1.807, 2.05) is 31.2 Å². The second-order valence-electron chi connectivity index (χ2n) is 5.14. The Bertz CT molecular complexity index is 670. The van der Waals surface area contributed by atoms with Gasteiger partial charge in [0.1, 0.15) is 5.75 Å². The molecule has 0 spiro atoms. The van der Waals surface area contributed by atoms with Crippen LogP contribution in [0.1, 0.15) is 32.3 Å². The third-order valence-corrected chi connectivity index (χ3v) is 4.24. The van der Waals surface area contributed by atoms with E-state index in [4.69, 9.17) is 4.74 Å². The predicted molar refractivity (Wildman–Crippen MR) is 91.0 cm³/mol. The Morgan fingerprint density at radius 3 is 2.71 bits per heavy atom. The van der Waals surface area contributed by atoms with Crippen molar-refractivity contribution in [3.63, 3.8) is 0 Å². The van der Waals surface area contributed by atoms with Gasteiger partial charge in [-0.25, -0.2) is 0 Å². The standard InChI is InChI=1S/C16H19N3O4S/c1-3-8-23-12-6-4-11(5-7-12)10(2)18-19-16-17-15(22)13(24-16)9-14(20)21/h4-7,13H,3,8-9H2,1-2H3,(H,20,21)(H,17,19,22)/p-1/b18-10-/t13-/m0/s1. The Hall–Kier alpha value is -2.35. The van der Waals surface area contributed by atoms with Crippen LogP contribution in [-0.2, 0) is 9.59 Å². The number of rotatable bonds is 7. The maximum absolute atomic E-state index is 11.6. The number of carbonyl (C=O) groups excluding carboxylic acids is 2. The fraction of sp³-hybridized carbons (Fsp3) is 0.375. The smallest absolute Gasteiger partial charge is 0.239 e. The van der Waals surface area contributed by atoms with E-state index < -0.39 is 17.1 Å². The van der Waals surface area contributed by atoms with E-state index >= 15 is 0 Å². The summed E-state index contributed by atoms with van der Waals surface area (Å²) >= 11 is 1.04.